The summed E-state index contributed by atoms with van der Waals surface area (Å²) >= 11 is 3.46. The monoisotopic (exact) mass is 613 g/mol. The largest absolute Gasteiger partial charge is 0.354 e. The molecular weight excluding hydrogens is 578 g/mol. The summed E-state index contributed by atoms with van der Waals surface area (Å²) in [5.41, 5.74) is 2.85. The lowest BCUT2D eigenvalue weighted by molar-refractivity contribution is -0.139. The molecule has 0 spiro atoms. The van der Waals surface area contributed by atoms with Crippen molar-refractivity contribution in [2.75, 3.05) is 17.4 Å². The van der Waals surface area contributed by atoms with Gasteiger partial charge >= 0.3 is 0 Å². The highest BCUT2D eigenvalue weighted by Crippen LogP contribution is 2.27. The zero-order valence-corrected chi connectivity index (χ0v) is 25.4. The number of nitrogens with one attached hydrogen (secondary N) is 1. The van der Waals surface area contributed by atoms with Crippen molar-refractivity contribution in [2.45, 2.75) is 52.1 Å². The van der Waals surface area contributed by atoms with Crippen molar-refractivity contribution in [2.24, 2.45) is 5.92 Å². The summed E-state index contributed by atoms with van der Waals surface area (Å²) in [5.74, 6) is -0.538. The molecule has 0 aliphatic carbocycles. The molecule has 1 atom stereocenters. The predicted molar refractivity (Wildman–Crippen MR) is 159 cm³/mol. The molecule has 0 aliphatic rings. The normalized spacial score (nSPS) is 12.2. The maximum absolute atomic E-state index is 14.0. The molecular formula is C30H36BrN3O4S. The van der Waals surface area contributed by atoms with Crippen LogP contribution in [-0.4, -0.2) is 44.3 Å². The van der Waals surface area contributed by atoms with Gasteiger partial charge in [-0.3, -0.25) is 13.9 Å². The third-order valence-electron chi connectivity index (χ3n) is 6.37. The van der Waals surface area contributed by atoms with Gasteiger partial charge in [0.25, 0.3) is 10.0 Å². The topological polar surface area (TPSA) is 86.8 Å². The summed E-state index contributed by atoms with van der Waals surface area (Å²) < 4.78 is 29.8. The van der Waals surface area contributed by atoms with Gasteiger partial charge in [0.05, 0.1) is 10.6 Å². The van der Waals surface area contributed by atoms with E-state index in [2.05, 4.69) is 21.2 Å². The highest BCUT2D eigenvalue weighted by molar-refractivity contribution is 9.10. The van der Waals surface area contributed by atoms with Crippen LogP contribution in [0.2, 0.25) is 0 Å². The lowest BCUT2D eigenvalue weighted by Gasteiger charge is -2.32. The van der Waals surface area contributed by atoms with E-state index in [9.17, 15) is 18.0 Å². The smallest absolute Gasteiger partial charge is 0.264 e. The van der Waals surface area contributed by atoms with Gasteiger partial charge in [-0.25, -0.2) is 8.42 Å². The molecule has 208 valence electrons. The molecule has 0 aromatic heterocycles. The van der Waals surface area contributed by atoms with Crippen molar-refractivity contribution in [1.82, 2.24) is 10.2 Å². The second-order valence-corrected chi connectivity index (χ2v) is 12.9. The number of hydrogen-bond acceptors (Lipinski definition) is 4. The molecule has 39 heavy (non-hydrogen) atoms. The fraction of sp³-hybridized carbons (Fsp3) is 0.333. The SMILES string of the molecule is Cc1ccc(S(=O)(=O)N(CC(=O)N(Cc2cccc(Br)c2)[C@@H](C)C(=O)NCC(C)C)c2ccccc2C)cc1. The van der Waals surface area contributed by atoms with E-state index >= 15 is 0 Å². The number of amides is 2. The molecule has 0 heterocycles. The van der Waals surface area contributed by atoms with Crippen molar-refractivity contribution >= 4 is 43.5 Å². The Balaban J connectivity index is 2.02. The Kier molecular flexibility index (Phi) is 10.3. The first-order valence-electron chi connectivity index (χ1n) is 12.9. The van der Waals surface area contributed by atoms with E-state index in [0.29, 0.717) is 17.8 Å². The summed E-state index contributed by atoms with van der Waals surface area (Å²) in [5, 5.41) is 2.90. The van der Waals surface area contributed by atoms with E-state index < -0.39 is 28.5 Å². The van der Waals surface area contributed by atoms with E-state index in [0.717, 1.165) is 19.9 Å². The number of carbonyl (C=O) groups excluding carboxylic acids is 2. The fourth-order valence-corrected chi connectivity index (χ4v) is 5.99. The van der Waals surface area contributed by atoms with Crippen molar-refractivity contribution in [3.05, 3.63) is 94.0 Å². The number of nitrogens with zero attached hydrogens (tertiary/aromatic N) is 2. The minimum Gasteiger partial charge on any atom is -0.354 e. The van der Waals surface area contributed by atoms with Gasteiger partial charge in [0, 0.05) is 17.6 Å². The van der Waals surface area contributed by atoms with Crippen LogP contribution in [0.4, 0.5) is 5.69 Å². The zero-order chi connectivity index (χ0) is 28.7. The quantitative estimate of drug-likeness (QED) is 0.311. The van der Waals surface area contributed by atoms with Gasteiger partial charge in [-0.2, -0.15) is 0 Å². The first-order chi connectivity index (χ1) is 18.4. The van der Waals surface area contributed by atoms with E-state index in [1.54, 1.807) is 56.3 Å². The third-order valence-corrected chi connectivity index (χ3v) is 8.63. The molecule has 2 amide bonds. The molecule has 0 saturated heterocycles. The van der Waals surface area contributed by atoms with Crippen LogP contribution in [0.25, 0.3) is 0 Å². The molecule has 0 fully saturated rings. The fourth-order valence-electron chi connectivity index (χ4n) is 4.06. The highest BCUT2D eigenvalue weighted by Gasteiger charge is 2.33. The van der Waals surface area contributed by atoms with E-state index in [1.165, 1.54) is 4.90 Å². The van der Waals surface area contributed by atoms with Crippen LogP contribution in [0.15, 0.2) is 82.2 Å². The molecule has 0 aliphatic heterocycles. The Labute approximate surface area is 240 Å². The summed E-state index contributed by atoms with van der Waals surface area (Å²) in [6.45, 7) is 9.48. The van der Waals surface area contributed by atoms with Crippen LogP contribution < -0.4 is 9.62 Å². The second kappa shape index (κ2) is 13.3. The van der Waals surface area contributed by atoms with Crippen molar-refractivity contribution in [3.8, 4) is 0 Å². The average molecular weight is 615 g/mol. The lowest BCUT2D eigenvalue weighted by Crippen LogP contribution is -2.51. The first kappa shape index (κ1) is 30.4. The number of carbonyl (C=O) groups is 2. The average Bonchev–Trinajstić information content (AvgIpc) is 2.89. The maximum atomic E-state index is 14.0. The summed E-state index contributed by atoms with van der Waals surface area (Å²) in [6.07, 6.45) is 0. The number of aryl methyl sites for hydroxylation is 2. The third kappa shape index (κ3) is 7.92. The summed E-state index contributed by atoms with van der Waals surface area (Å²) in [6, 6.07) is 20.2. The standard InChI is InChI=1S/C30H36BrN3O4S/c1-21(2)18-32-30(36)24(5)33(19-25-10-8-11-26(31)17-25)29(35)20-34(28-12-7-6-9-23(28)4)39(37,38)27-15-13-22(3)14-16-27/h6-17,21,24H,18-20H2,1-5H3,(H,32,36)/t24-/m0/s1. The Morgan fingerprint density at radius 1 is 0.923 bits per heavy atom. The van der Waals surface area contributed by atoms with Crippen LogP contribution >= 0.6 is 15.9 Å². The van der Waals surface area contributed by atoms with Crippen molar-refractivity contribution in [3.63, 3.8) is 0 Å². The molecule has 3 aromatic carbocycles. The lowest BCUT2D eigenvalue weighted by atomic mass is 10.1. The van der Waals surface area contributed by atoms with Crippen LogP contribution in [0, 0.1) is 19.8 Å². The van der Waals surface area contributed by atoms with Gasteiger partial charge in [-0.1, -0.05) is 77.8 Å². The van der Waals surface area contributed by atoms with Crippen molar-refractivity contribution in [1.29, 1.82) is 0 Å². The van der Waals surface area contributed by atoms with Gasteiger partial charge in [0.2, 0.25) is 11.8 Å². The highest BCUT2D eigenvalue weighted by atomic mass is 79.9. The number of hydrogen-bond donors (Lipinski definition) is 1. The zero-order valence-electron chi connectivity index (χ0n) is 23.0. The van der Waals surface area contributed by atoms with Gasteiger partial charge in [0.1, 0.15) is 12.6 Å². The molecule has 0 bridgehead atoms. The van der Waals surface area contributed by atoms with Crippen LogP contribution in [-0.2, 0) is 26.2 Å². The van der Waals surface area contributed by atoms with E-state index in [1.807, 2.05) is 51.1 Å². The van der Waals surface area contributed by atoms with E-state index in [-0.39, 0.29) is 23.3 Å². The predicted octanol–water partition coefficient (Wildman–Crippen LogP) is 5.45. The molecule has 9 heteroatoms. The number of halogens is 1. The van der Waals surface area contributed by atoms with Crippen LogP contribution in [0.1, 0.15) is 37.5 Å². The maximum Gasteiger partial charge on any atom is 0.264 e. The Bertz CT molecular complexity index is 1410. The molecule has 7 nitrogen and oxygen atoms in total. The summed E-state index contributed by atoms with van der Waals surface area (Å²) in [4.78, 5) is 28.6. The first-order valence-corrected chi connectivity index (χ1v) is 15.1. The van der Waals surface area contributed by atoms with Crippen molar-refractivity contribution < 1.29 is 18.0 Å². The van der Waals surface area contributed by atoms with Gasteiger partial charge in [0.15, 0.2) is 0 Å². The number of anilines is 1. The molecule has 0 radical (unpaired) electrons. The molecule has 1 N–H and O–H groups in total. The molecule has 3 rings (SSSR count). The van der Waals surface area contributed by atoms with Gasteiger partial charge in [-0.15, -0.1) is 0 Å². The van der Waals surface area contributed by atoms with E-state index in [4.69, 9.17) is 0 Å². The molecule has 0 saturated carbocycles. The minimum absolute atomic E-state index is 0.0883. The Morgan fingerprint density at radius 2 is 1.59 bits per heavy atom. The minimum atomic E-state index is -4.09. The Morgan fingerprint density at radius 3 is 2.21 bits per heavy atom. The summed E-state index contributed by atoms with van der Waals surface area (Å²) in [7, 11) is -4.09. The number of para-hydroxylation sites is 1. The number of sulfonamides is 1. The number of benzene rings is 3. The van der Waals surface area contributed by atoms with Gasteiger partial charge in [-0.05, 0) is 68.1 Å². The molecule has 3 aromatic rings. The second-order valence-electron chi connectivity index (χ2n) is 10.1. The van der Waals surface area contributed by atoms with Gasteiger partial charge < -0.3 is 10.2 Å². The number of rotatable bonds is 11. The van der Waals surface area contributed by atoms with Crippen LogP contribution in [0.3, 0.4) is 0 Å². The van der Waals surface area contributed by atoms with Crippen LogP contribution in [0.5, 0.6) is 0 Å². The molecule has 0 unspecified atom stereocenters. The Hall–Kier alpha value is -3.17.